The normalized spacial score (nSPS) is 12.3. The molecule has 0 aliphatic heterocycles. The SMILES string of the molecule is CCCn1ccnc1CNC(C)Cc1ccccc1OC. The van der Waals surface area contributed by atoms with Gasteiger partial charge in [0.1, 0.15) is 11.6 Å². The molecular weight excluding hydrogens is 262 g/mol. The summed E-state index contributed by atoms with van der Waals surface area (Å²) in [6.07, 6.45) is 5.99. The van der Waals surface area contributed by atoms with Crippen LogP contribution in [0, 0.1) is 0 Å². The fourth-order valence-electron chi connectivity index (χ4n) is 2.49. The minimum absolute atomic E-state index is 0.369. The van der Waals surface area contributed by atoms with Gasteiger partial charge in [0.2, 0.25) is 0 Å². The second kappa shape index (κ2) is 7.84. The van der Waals surface area contributed by atoms with Crippen molar-refractivity contribution >= 4 is 0 Å². The third-order valence-corrected chi connectivity index (χ3v) is 3.59. The largest absolute Gasteiger partial charge is 0.496 e. The fraction of sp³-hybridized carbons (Fsp3) is 0.471. The zero-order chi connectivity index (χ0) is 15.1. The molecule has 2 rings (SSSR count). The van der Waals surface area contributed by atoms with Gasteiger partial charge in [-0.3, -0.25) is 0 Å². The monoisotopic (exact) mass is 287 g/mol. The minimum Gasteiger partial charge on any atom is -0.496 e. The lowest BCUT2D eigenvalue weighted by Gasteiger charge is -2.16. The Balaban J connectivity index is 1.90. The minimum atomic E-state index is 0.369. The highest BCUT2D eigenvalue weighted by Crippen LogP contribution is 2.18. The molecule has 0 bridgehead atoms. The summed E-state index contributed by atoms with van der Waals surface area (Å²) in [6, 6.07) is 8.55. The van der Waals surface area contributed by atoms with Gasteiger partial charge in [0.15, 0.2) is 0 Å². The molecule has 1 aromatic carbocycles. The van der Waals surface area contributed by atoms with Crippen molar-refractivity contribution in [1.82, 2.24) is 14.9 Å². The van der Waals surface area contributed by atoms with E-state index in [9.17, 15) is 0 Å². The van der Waals surface area contributed by atoms with Gasteiger partial charge in [-0.2, -0.15) is 0 Å². The van der Waals surface area contributed by atoms with Gasteiger partial charge in [-0.15, -0.1) is 0 Å². The van der Waals surface area contributed by atoms with Gasteiger partial charge >= 0.3 is 0 Å². The molecule has 0 radical (unpaired) electrons. The van der Waals surface area contributed by atoms with Crippen LogP contribution in [0.25, 0.3) is 0 Å². The van der Waals surface area contributed by atoms with Crippen LogP contribution < -0.4 is 10.1 Å². The van der Waals surface area contributed by atoms with E-state index in [2.05, 4.69) is 40.8 Å². The molecule has 0 saturated heterocycles. The predicted molar refractivity (Wildman–Crippen MR) is 85.5 cm³/mol. The molecule has 1 aromatic heterocycles. The summed E-state index contributed by atoms with van der Waals surface area (Å²) in [5.41, 5.74) is 1.23. The first kappa shape index (κ1) is 15.6. The summed E-state index contributed by atoms with van der Waals surface area (Å²) in [7, 11) is 1.72. The highest BCUT2D eigenvalue weighted by molar-refractivity contribution is 5.33. The molecule has 1 unspecified atom stereocenters. The molecule has 4 heteroatoms. The average molecular weight is 287 g/mol. The number of hydrogen-bond donors (Lipinski definition) is 1. The van der Waals surface area contributed by atoms with E-state index in [1.54, 1.807) is 7.11 Å². The Hall–Kier alpha value is -1.81. The first-order chi connectivity index (χ1) is 10.2. The highest BCUT2D eigenvalue weighted by Gasteiger charge is 2.09. The van der Waals surface area contributed by atoms with Crippen LogP contribution in [-0.2, 0) is 19.5 Å². The van der Waals surface area contributed by atoms with E-state index in [1.165, 1.54) is 5.56 Å². The molecule has 0 spiro atoms. The van der Waals surface area contributed by atoms with Gasteiger partial charge in [0.25, 0.3) is 0 Å². The number of aromatic nitrogens is 2. The number of rotatable bonds is 8. The zero-order valence-electron chi connectivity index (χ0n) is 13.2. The van der Waals surface area contributed by atoms with E-state index in [0.717, 1.165) is 37.5 Å². The maximum atomic E-state index is 5.40. The van der Waals surface area contributed by atoms with Crippen LogP contribution in [0.3, 0.4) is 0 Å². The number of methoxy groups -OCH3 is 1. The van der Waals surface area contributed by atoms with Gasteiger partial charge in [-0.05, 0) is 31.4 Å². The number of para-hydroxylation sites is 1. The Morgan fingerprint density at radius 1 is 1.33 bits per heavy atom. The Morgan fingerprint density at radius 3 is 2.90 bits per heavy atom. The molecule has 0 fully saturated rings. The number of hydrogen-bond acceptors (Lipinski definition) is 3. The van der Waals surface area contributed by atoms with Crippen LogP contribution in [0.5, 0.6) is 5.75 Å². The van der Waals surface area contributed by atoms with Crippen molar-refractivity contribution in [2.24, 2.45) is 0 Å². The molecule has 2 aromatic rings. The molecule has 1 N–H and O–H groups in total. The average Bonchev–Trinajstić information content (AvgIpc) is 2.93. The Labute approximate surface area is 127 Å². The highest BCUT2D eigenvalue weighted by atomic mass is 16.5. The molecule has 21 heavy (non-hydrogen) atoms. The predicted octanol–water partition coefficient (Wildman–Crippen LogP) is 3.02. The third kappa shape index (κ3) is 4.33. The Morgan fingerprint density at radius 2 is 2.14 bits per heavy atom. The number of ether oxygens (including phenoxy) is 1. The first-order valence-corrected chi connectivity index (χ1v) is 7.59. The van der Waals surface area contributed by atoms with Crippen LogP contribution in [0.1, 0.15) is 31.7 Å². The maximum absolute atomic E-state index is 5.40. The van der Waals surface area contributed by atoms with Gasteiger partial charge in [0, 0.05) is 25.0 Å². The zero-order valence-corrected chi connectivity index (χ0v) is 13.2. The number of imidazole rings is 1. The van der Waals surface area contributed by atoms with Crippen molar-refractivity contribution in [1.29, 1.82) is 0 Å². The fourth-order valence-corrected chi connectivity index (χ4v) is 2.49. The molecule has 0 saturated carbocycles. The summed E-state index contributed by atoms with van der Waals surface area (Å²) in [4.78, 5) is 4.42. The lowest BCUT2D eigenvalue weighted by atomic mass is 10.1. The van der Waals surface area contributed by atoms with Crippen molar-refractivity contribution in [3.05, 3.63) is 48.0 Å². The number of benzene rings is 1. The molecule has 114 valence electrons. The molecule has 0 aliphatic carbocycles. The van der Waals surface area contributed by atoms with Crippen molar-refractivity contribution in [3.8, 4) is 5.75 Å². The van der Waals surface area contributed by atoms with E-state index in [0.29, 0.717) is 6.04 Å². The summed E-state index contributed by atoms with van der Waals surface area (Å²) < 4.78 is 7.61. The number of aryl methyl sites for hydroxylation is 1. The van der Waals surface area contributed by atoms with Crippen LogP contribution in [0.4, 0.5) is 0 Å². The van der Waals surface area contributed by atoms with Gasteiger partial charge < -0.3 is 14.6 Å². The van der Waals surface area contributed by atoms with Gasteiger partial charge in [-0.25, -0.2) is 4.98 Å². The molecule has 1 heterocycles. The molecule has 0 aliphatic rings. The number of nitrogens with zero attached hydrogens (tertiary/aromatic N) is 2. The second-order valence-corrected chi connectivity index (χ2v) is 5.33. The lowest BCUT2D eigenvalue weighted by Crippen LogP contribution is -2.29. The summed E-state index contributed by atoms with van der Waals surface area (Å²) >= 11 is 0. The van der Waals surface area contributed by atoms with E-state index in [-0.39, 0.29) is 0 Å². The Kier molecular flexibility index (Phi) is 5.81. The molecule has 1 atom stereocenters. The van der Waals surface area contributed by atoms with Crippen LogP contribution in [-0.4, -0.2) is 22.7 Å². The van der Waals surface area contributed by atoms with Crippen LogP contribution in [0.15, 0.2) is 36.7 Å². The van der Waals surface area contributed by atoms with Crippen LogP contribution >= 0.6 is 0 Å². The third-order valence-electron chi connectivity index (χ3n) is 3.59. The van der Waals surface area contributed by atoms with Gasteiger partial charge in [-0.1, -0.05) is 25.1 Å². The number of nitrogens with one attached hydrogen (secondary N) is 1. The molecule has 4 nitrogen and oxygen atoms in total. The quantitative estimate of drug-likeness (QED) is 0.811. The van der Waals surface area contributed by atoms with Crippen LogP contribution in [0.2, 0.25) is 0 Å². The molecular formula is C17H25N3O. The van der Waals surface area contributed by atoms with Crippen molar-refractivity contribution in [2.75, 3.05) is 7.11 Å². The smallest absolute Gasteiger partial charge is 0.122 e. The van der Waals surface area contributed by atoms with E-state index in [4.69, 9.17) is 4.74 Å². The van der Waals surface area contributed by atoms with Crippen molar-refractivity contribution in [2.45, 2.75) is 45.8 Å². The van der Waals surface area contributed by atoms with E-state index < -0.39 is 0 Å². The Bertz CT molecular complexity index is 550. The topological polar surface area (TPSA) is 39.1 Å². The van der Waals surface area contributed by atoms with E-state index in [1.807, 2.05) is 24.5 Å². The summed E-state index contributed by atoms with van der Waals surface area (Å²) in [6.45, 7) is 6.20. The maximum Gasteiger partial charge on any atom is 0.122 e. The lowest BCUT2D eigenvalue weighted by molar-refractivity contribution is 0.405. The second-order valence-electron chi connectivity index (χ2n) is 5.33. The van der Waals surface area contributed by atoms with E-state index >= 15 is 0 Å². The summed E-state index contributed by atoms with van der Waals surface area (Å²) in [5.74, 6) is 2.06. The standard InChI is InChI=1S/C17H25N3O/c1-4-10-20-11-9-18-17(20)13-19-14(2)12-15-7-5-6-8-16(15)21-3/h5-9,11,14,19H,4,10,12-13H2,1-3H3. The van der Waals surface area contributed by atoms with Crippen molar-refractivity contribution < 1.29 is 4.74 Å². The van der Waals surface area contributed by atoms with Crippen molar-refractivity contribution in [3.63, 3.8) is 0 Å². The first-order valence-electron chi connectivity index (χ1n) is 7.59. The van der Waals surface area contributed by atoms with Gasteiger partial charge in [0.05, 0.1) is 13.7 Å². The molecule has 0 amide bonds. The summed E-state index contributed by atoms with van der Waals surface area (Å²) in [5, 5.41) is 3.54.